The number of benzene rings is 1. The van der Waals surface area contributed by atoms with Gasteiger partial charge in [-0.05, 0) is 38.9 Å². The van der Waals surface area contributed by atoms with Gasteiger partial charge in [0, 0.05) is 5.39 Å². The molecule has 2 aromatic rings. The molecule has 0 aliphatic carbocycles. The van der Waals surface area contributed by atoms with Crippen molar-refractivity contribution in [2.24, 2.45) is 0 Å². The van der Waals surface area contributed by atoms with Gasteiger partial charge >= 0.3 is 0 Å². The molecule has 0 aliphatic heterocycles. The maximum atomic E-state index is 4.48. The highest BCUT2D eigenvalue weighted by Crippen LogP contribution is 2.18. The molecule has 0 spiro atoms. The summed E-state index contributed by atoms with van der Waals surface area (Å²) in [4.78, 5) is 0. The van der Waals surface area contributed by atoms with Crippen LogP contribution in [-0.2, 0) is 0 Å². The van der Waals surface area contributed by atoms with E-state index in [4.69, 9.17) is 0 Å². The van der Waals surface area contributed by atoms with Gasteiger partial charge in [-0.15, -0.1) is 0 Å². The summed E-state index contributed by atoms with van der Waals surface area (Å²) in [6, 6.07) is 8.82. The van der Waals surface area contributed by atoms with E-state index in [1.165, 1.54) is 17.3 Å². The highest BCUT2D eigenvalue weighted by atomic mass is 15.3. The largest absolute Gasteiger partial charge is 0.317 e. The first-order valence-corrected chi connectivity index (χ1v) is 6.46. The van der Waals surface area contributed by atoms with Gasteiger partial charge in [0.1, 0.15) is 0 Å². The minimum atomic E-state index is 0.444. The van der Waals surface area contributed by atoms with Crippen LogP contribution in [0.4, 0.5) is 0 Å². The zero-order chi connectivity index (χ0) is 12.1. The topological polar surface area (TPSA) is 29.9 Å². The van der Waals surface area contributed by atoms with Crippen LogP contribution in [0.5, 0.6) is 0 Å². The van der Waals surface area contributed by atoms with E-state index >= 15 is 0 Å². The summed E-state index contributed by atoms with van der Waals surface area (Å²) in [6.45, 7) is 6.58. The lowest BCUT2D eigenvalue weighted by Gasteiger charge is -2.13. The average Bonchev–Trinajstić information content (AvgIpc) is 2.78. The van der Waals surface area contributed by atoms with Crippen molar-refractivity contribution in [3.05, 3.63) is 30.5 Å². The van der Waals surface area contributed by atoms with Crippen LogP contribution >= 0.6 is 0 Å². The Morgan fingerprint density at radius 3 is 2.94 bits per heavy atom. The highest BCUT2D eigenvalue weighted by Gasteiger charge is 2.08. The molecule has 3 nitrogen and oxygen atoms in total. The van der Waals surface area contributed by atoms with Gasteiger partial charge in [0.15, 0.2) is 0 Å². The minimum absolute atomic E-state index is 0.444. The third-order valence-corrected chi connectivity index (χ3v) is 3.09. The number of hydrogen-bond acceptors (Lipinski definition) is 2. The second kappa shape index (κ2) is 5.82. The standard InChI is InChI=1S/C14H21N3/c1-3-9-15-10-8-12(2)17-14-7-5-4-6-13(14)11-16-17/h4-7,11-12,15H,3,8-10H2,1-2H3. The van der Waals surface area contributed by atoms with Gasteiger partial charge in [-0.2, -0.15) is 5.10 Å². The van der Waals surface area contributed by atoms with E-state index in [2.05, 4.69) is 53.2 Å². The number of rotatable bonds is 6. The molecule has 3 heteroatoms. The Kier molecular flexibility index (Phi) is 4.15. The number of nitrogens with one attached hydrogen (secondary N) is 1. The molecule has 1 atom stereocenters. The predicted molar refractivity (Wildman–Crippen MR) is 72.2 cm³/mol. The van der Waals surface area contributed by atoms with Gasteiger partial charge in [-0.1, -0.05) is 25.1 Å². The first-order valence-electron chi connectivity index (χ1n) is 6.46. The summed E-state index contributed by atoms with van der Waals surface area (Å²) in [5.74, 6) is 0. The second-order valence-corrected chi connectivity index (χ2v) is 4.54. The Balaban J connectivity index is 2.01. The molecule has 0 fully saturated rings. The Labute approximate surface area is 103 Å². The fourth-order valence-corrected chi connectivity index (χ4v) is 2.08. The summed E-state index contributed by atoms with van der Waals surface area (Å²) in [5.41, 5.74) is 1.23. The number of aromatic nitrogens is 2. The molecule has 0 saturated heterocycles. The number of fused-ring (bicyclic) bond motifs is 1. The van der Waals surface area contributed by atoms with E-state index < -0.39 is 0 Å². The first-order chi connectivity index (χ1) is 8.33. The molecule has 17 heavy (non-hydrogen) atoms. The van der Waals surface area contributed by atoms with Crippen LogP contribution < -0.4 is 5.32 Å². The van der Waals surface area contributed by atoms with Crippen molar-refractivity contribution in [1.82, 2.24) is 15.1 Å². The Bertz CT molecular complexity index is 461. The molecule has 0 aliphatic rings. The number of para-hydroxylation sites is 1. The molecule has 1 heterocycles. The van der Waals surface area contributed by atoms with Gasteiger partial charge in [-0.3, -0.25) is 4.68 Å². The van der Waals surface area contributed by atoms with E-state index in [1.54, 1.807) is 0 Å². The van der Waals surface area contributed by atoms with Crippen molar-refractivity contribution in [3.8, 4) is 0 Å². The van der Waals surface area contributed by atoms with Crippen molar-refractivity contribution in [2.75, 3.05) is 13.1 Å². The van der Waals surface area contributed by atoms with Crippen LogP contribution in [0.3, 0.4) is 0 Å². The average molecular weight is 231 g/mol. The molecule has 2 rings (SSSR count). The second-order valence-electron chi connectivity index (χ2n) is 4.54. The van der Waals surface area contributed by atoms with Gasteiger partial charge < -0.3 is 5.32 Å². The van der Waals surface area contributed by atoms with E-state index in [-0.39, 0.29) is 0 Å². The third kappa shape index (κ3) is 2.86. The molecule has 1 unspecified atom stereocenters. The third-order valence-electron chi connectivity index (χ3n) is 3.09. The van der Waals surface area contributed by atoms with E-state index in [9.17, 15) is 0 Å². The number of hydrogen-bond donors (Lipinski definition) is 1. The summed E-state index contributed by atoms with van der Waals surface area (Å²) in [6.07, 6.45) is 4.26. The van der Waals surface area contributed by atoms with Gasteiger partial charge in [-0.25, -0.2) is 0 Å². The lowest BCUT2D eigenvalue weighted by Crippen LogP contribution is -2.19. The molecular weight excluding hydrogens is 210 g/mol. The van der Waals surface area contributed by atoms with Gasteiger partial charge in [0.05, 0.1) is 17.8 Å². The van der Waals surface area contributed by atoms with E-state index in [0.29, 0.717) is 6.04 Å². The fraction of sp³-hybridized carbons (Fsp3) is 0.500. The van der Waals surface area contributed by atoms with Gasteiger partial charge in [0.2, 0.25) is 0 Å². The van der Waals surface area contributed by atoms with Crippen molar-refractivity contribution >= 4 is 10.9 Å². The monoisotopic (exact) mass is 231 g/mol. The molecule has 0 amide bonds. The molecular formula is C14H21N3. The lowest BCUT2D eigenvalue weighted by molar-refractivity contribution is 0.456. The van der Waals surface area contributed by atoms with Crippen molar-refractivity contribution in [3.63, 3.8) is 0 Å². The molecule has 0 bridgehead atoms. The summed E-state index contributed by atoms with van der Waals surface area (Å²) < 4.78 is 2.13. The quantitative estimate of drug-likeness (QED) is 0.775. The lowest BCUT2D eigenvalue weighted by atomic mass is 10.2. The predicted octanol–water partition coefficient (Wildman–Crippen LogP) is 2.99. The Morgan fingerprint density at radius 1 is 1.29 bits per heavy atom. The summed E-state index contributed by atoms with van der Waals surface area (Å²) >= 11 is 0. The van der Waals surface area contributed by atoms with Crippen molar-refractivity contribution < 1.29 is 0 Å². The smallest absolute Gasteiger partial charge is 0.0685 e. The fourth-order valence-electron chi connectivity index (χ4n) is 2.08. The van der Waals surface area contributed by atoms with Crippen molar-refractivity contribution in [1.29, 1.82) is 0 Å². The maximum absolute atomic E-state index is 4.48. The molecule has 1 aromatic carbocycles. The minimum Gasteiger partial charge on any atom is -0.317 e. The molecule has 92 valence electrons. The van der Waals surface area contributed by atoms with Crippen LogP contribution in [-0.4, -0.2) is 22.9 Å². The molecule has 1 N–H and O–H groups in total. The number of nitrogens with zero attached hydrogens (tertiary/aromatic N) is 2. The molecule has 0 saturated carbocycles. The Hall–Kier alpha value is -1.35. The maximum Gasteiger partial charge on any atom is 0.0685 e. The summed E-state index contributed by atoms with van der Waals surface area (Å²) in [7, 11) is 0. The van der Waals surface area contributed by atoms with Crippen LogP contribution in [0.15, 0.2) is 30.5 Å². The normalized spacial score (nSPS) is 13.1. The summed E-state index contributed by atoms with van der Waals surface area (Å²) in [5, 5.41) is 9.14. The zero-order valence-corrected chi connectivity index (χ0v) is 10.7. The molecule has 0 radical (unpaired) electrons. The zero-order valence-electron chi connectivity index (χ0n) is 10.7. The van der Waals surface area contributed by atoms with Crippen LogP contribution in [0.25, 0.3) is 10.9 Å². The first kappa shape index (κ1) is 12.1. The van der Waals surface area contributed by atoms with Crippen molar-refractivity contribution in [2.45, 2.75) is 32.7 Å². The highest BCUT2D eigenvalue weighted by molar-refractivity contribution is 5.78. The van der Waals surface area contributed by atoms with E-state index in [0.717, 1.165) is 19.5 Å². The van der Waals surface area contributed by atoms with Crippen LogP contribution in [0.2, 0.25) is 0 Å². The SMILES string of the molecule is CCCNCCC(C)n1ncc2ccccc21. The van der Waals surface area contributed by atoms with Gasteiger partial charge in [0.25, 0.3) is 0 Å². The Morgan fingerprint density at radius 2 is 2.12 bits per heavy atom. The van der Waals surface area contributed by atoms with Crippen LogP contribution in [0, 0.1) is 0 Å². The van der Waals surface area contributed by atoms with E-state index in [1.807, 2.05) is 6.20 Å². The molecule has 1 aromatic heterocycles. The van der Waals surface area contributed by atoms with Crippen LogP contribution in [0.1, 0.15) is 32.7 Å².